The van der Waals surface area contributed by atoms with Gasteiger partial charge in [0.15, 0.2) is 0 Å². The smallest absolute Gasteiger partial charge is 0.0211 e. The molecule has 0 radical (unpaired) electrons. The van der Waals surface area contributed by atoms with Gasteiger partial charge in [0.25, 0.3) is 0 Å². The molecule has 0 nitrogen and oxygen atoms in total. The minimum Gasteiger partial charge on any atom is -0.0885 e. The zero-order valence-corrected chi connectivity index (χ0v) is 7.07. The standard InChI is InChI=1S/C9H18/c1-5-8(4)9(6-2)7-3/h5,9H,6-7H2,1-4H3. The lowest BCUT2D eigenvalue weighted by atomic mass is 9.95. The lowest BCUT2D eigenvalue weighted by Crippen LogP contribution is -1.97. The van der Waals surface area contributed by atoms with Crippen LogP contribution in [0.2, 0.25) is 0 Å². The summed E-state index contributed by atoms with van der Waals surface area (Å²) >= 11 is 0. The van der Waals surface area contributed by atoms with Crippen LogP contribution in [0.1, 0.15) is 40.5 Å². The molecule has 0 aromatic carbocycles. The summed E-state index contributed by atoms with van der Waals surface area (Å²) in [4.78, 5) is 0. The molecule has 0 aliphatic carbocycles. The number of rotatable bonds is 3. The summed E-state index contributed by atoms with van der Waals surface area (Å²) in [6.07, 6.45) is 4.79. The van der Waals surface area contributed by atoms with E-state index in [4.69, 9.17) is 0 Å². The van der Waals surface area contributed by atoms with Gasteiger partial charge in [0.1, 0.15) is 0 Å². The summed E-state index contributed by atoms with van der Waals surface area (Å²) in [5, 5.41) is 0. The molecule has 0 amide bonds. The maximum absolute atomic E-state index is 2.25. The van der Waals surface area contributed by atoms with Crippen molar-refractivity contribution in [2.75, 3.05) is 0 Å². The van der Waals surface area contributed by atoms with E-state index in [2.05, 4.69) is 33.8 Å². The third-order valence-corrected chi connectivity index (χ3v) is 2.08. The summed E-state index contributed by atoms with van der Waals surface area (Å²) < 4.78 is 0. The van der Waals surface area contributed by atoms with Crippen molar-refractivity contribution in [2.45, 2.75) is 40.5 Å². The molecular weight excluding hydrogens is 108 g/mol. The van der Waals surface area contributed by atoms with Crippen molar-refractivity contribution in [3.8, 4) is 0 Å². The van der Waals surface area contributed by atoms with Crippen molar-refractivity contribution in [3.05, 3.63) is 11.6 Å². The highest BCUT2D eigenvalue weighted by atomic mass is 14.1. The fourth-order valence-electron chi connectivity index (χ4n) is 1.17. The first-order valence-electron chi connectivity index (χ1n) is 3.89. The van der Waals surface area contributed by atoms with E-state index in [1.54, 1.807) is 5.57 Å². The Bertz CT molecular complexity index is 86.2. The second kappa shape index (κ2) is 4.60. The van der Waals surface area contributed by atoms with Crippen molar-refractivity contribution >= 4 is 0 Å². The Labute approximate surface area is 59.0 Å². The van der Waals surface area contributed by atoms with E-state index >= 15 is 0 Å². The number of hydrogen-bond acceptors (Lipinski definition) is 0. The predicted molar refractivity (Wildman–Crippen MR) is 43.5 cm³/mol. The summed E-state index contributed by atoms with van der Waals surface area (Å²) in [6.45, 7) is 8.84. The zero-order chi connectivity index (χ0) is 7.28. The molecule has 0 aromatic heterocycles. The van der Waals surface area contributed by atoms with E-state index in [1.807, 2.05) is 0 Å². The second-order valence-electron chi connectivity index (χ2n) is 2.55. The van der Waals surface area contributed by atoms with Gasteiger partial charge in [-0.25, -0.2) is 0 Å². The molecule has 0 bridgehead atoms. The van der Waals surface area contributed by atoms with Crippen molar-refractivity contribution < 1.29 is 0 Å². The van der Waals surface area contributed by atoms with Crippen molar-refractivity contribution in [2.24, 2.45) is 5.92 Å². The molecule has 0 aliphatic heterocycles. The lowest BCUT2D eigenvalue weighted by Gasteiger charge is -2.11. The van der Waals surface area contributed by atoms with Crippen LogP contribution in [0, 0.1) is 5.92 Å². The van der Waals surface area contributed by atoms with E-state index in [0.29, 0.717) is 0 Å². The average Bonchev–Trinajstić information content (AvgIpc) is 1.90. The van der Waals surface area contributed by atoms with Crippen LogP contribution in [-0.2, 0) is 0 Å². The van der Waals surface area contributed by atoms with Crippen molar-refractivity contribution in [3.63, 3.8) is 0 Å². The first-order chi connectivity index (χ1) is 4.26. The van der Waals surface area contributed by atoms with Gasteiger partial charge in [-0.2, -0.15) is 0 Å². The molecule has 54 valence electrons. The summed E-state index contributed by atoms with van der Waals surface area (Å²) in [5.41, 5.74) is 1.54. The summed E-state index contributed by atoms with van der Waals surface area (Å²) in [5.74, 6) is 0.829. The molecule has 9 heavy (non-hydrogen) atoms. The Morgan fingerprint density at radius 2 is 1.78 bits per heavy atom. The van der Waals surface area contributed by atoms with Crippen LogP contribution in [0.3, 0.4) is 0 Å². The SMILES string of the molecule is CC=C(C)C(CC)CC. The Hall–Kier alpha value is -0.260. The van der Waals surface area contributed by atoms with Crippen LogP contribution in [0.15, 0.2) is 11.6 Å². The quantitative estimate of drug-likeness (QED) is 0.508. The Kier molecular flexibility index (Phi) is 4.47. The molecular formula is C9H18. The molecule has 0 aromatic rings. The van der Waals surface area contributed by atoms with Gasteiger partial charge in [-0.3, -0.25) is 0 Å². The first kappa shape index (κ1) is 8.74. The van der Waals surface area contributed by atoms with Crippen LogP contribution in [-0.4, -0.2) is 0 Å². The minimum absolute atomic E-state index is 0.829. The molecule has 0 rings (SSSR count). The van der Waals surface area contributed by atoms with Crippen LogP contribution < -0.4 is 0 Å². The summed E-state index contributed by atoms with van der Waals surface area (Å²) in [7, 11) is 0. The average molecular weight is 126 g/mol. The van der Waals surface area contributed by atoms with Crippen LogP contribution >= 0.6 is 0 Å². The van der Waals surface area contributed by atoms with E-state index in [-0.39, 0.29) is 0 Å². The van der Waals surface area contributed by atoms with Gasteiger partial charge in [-0.15, -0.1) is 0 Å². The molecule has 0 aliphatic rings. The number of allylic oxidation sites excluding steroid dienone is 2. The van der Waals surface area contributed by atoms with Crippen LogP contribution in [0.5, 0.6) is 0 Å². The van der Waals surface area contributed by atoms with Gasteiger partial charge in [0.05, 0.1) is 0 Å². The predicted octanol–water partition coefficient (Wildman–Crippen LogP) is 3.39. The Morgan fingerprint density at radius 3 is 1.89 bits per heavy atom. The zero-order valence-electron chi connectivity index (χ0n) is 7.07. The maximum Gasteiger partial charge on any atom is -0.0211 e. The minimum atomic E-state index is 0.829. The second-order valence-corrected chi connectivity index (χ2v) is 2.55. The molecule has 0 heterocycles. The molecule has 0 saturated heterocycles. The highest BCUT2D eigenvalue weighted by Crippen LogP contribution is 2.17. The van der Waals surface area contributed by atoms with Gasteiger partial charge in [-0.1, -0.05) is 25.5 Å². The van der Waals surface area contributed by atoms with Crippen LogP contribution in [0.4, 0.5) is 0 Å². The molecule has 0 saturated carbocycles. The van der Waals surface area contributed by atoms with Gasteiger partial charge in [0, 0.05) is 0 Å². The number of hydrogen-bond donors (Lipinski definition) is 0. The van der Waals surface area contributed by atoms with Crippen LogP contribution in [0.25, 0.3) is 0 Å². The van der Waals surface area contributed by atoms with E-state index in [1.165, 1.54) is 12.8 Å². The highest BCUT2D eigenvalue weighted by Gasteiger charge is 2.02. The normalized spacial score (nSPS) is 12.8. The fourth-order valence-corrected chi connectivity index (χ4v) is 1.17. The van der Waals surface area contributed by atoms with Gasteiger partial charge in [-0.05, 0) is 32.6 Å². The summed E-state index contributed by atoms with van der Waals surface area (Å²) in [6, 6.07) is 0. The third-order valence-electron chi connectivity index (χ3n) is 2.08. The maximum atomic E-state index is 2.25. The molecule has 0 spiro atoms. The van der Waals surface area contributed by atoms with Gasteiger partial charge < -0.3 is 0 Å². The van der Waals surface area contributed by atoms with E-state index in [0.717, 1.165) is 5.92 Å². The van der Waals surface area contributed by atoms with Gasteiger partial charge >= 0.3 is 0 Å². The van der Waals surface area contributed by atoms with Crippen molar-refractivity contribution in [1.29, 1.82) is 0 Å². The molecule has 0 fully saturated rings. The molecule has 0 heteroatoms. The third kappa shape index (κ3) is 2.69. The fraction of sp³-hybridized carbons (Fsp3) is 0.778. The Balaban J connectivity index is 3.79. The van der Waals surface area contributed by atoms with Gasteiger partial charge in [0.2, 0.25) is 0 Å². The molecule has 0 atom stereocenters. The Morgan fingerprint density at radius 1 is 1.33 bits per heavy atom. The largest absolute Gasteiger partial charge is 0.0885 e. The molecule has 0 unspecified atom stereocenters. The lowest BCUT2D eigenvalue weighted by molar-refractivity contribution is 0.571. The van der Waals surface area contributed by atoms with Crippen molar-refractivity contribution in [1.82, 2.24) is 0 Å². The highest BCUT2D eigenvalue weighted by molar-refractivity contribution is 5.00. The first-order valence-corrected chi connectivity index (χ1v) is 3.89. The topological polar surface area (TPSA) is 0 Å². The van der Waals surface area contributed by atoms with E-state index < -0.39 is 0 Å². The monoisotopic (exact) mass is 126 g/mol. The van der Waals surface area contributed by atoms with E-state index in [9.17, 15) is 0 Å². The molecule has 0 N–H and O–H groups in total.